The molecule has 0 rings (SSSR count). The van der Waals surface area contributed by atoms with Crippen LogP contribution in [0.25, 0.3) is 0 Å². The monoisotopic (exact) mass is 1280 g/mol. The number of quaternary nitrogens is 1. The molecule has 9 heteroatoms. The highest BCUT2D eigenvalue weighted by molar-refractivity contribution is 7.45. The van der Waals surface area contributed by atoms with E-state index in [2.05, 4.69) is 177 Å². The molecule has 8 nitrogen and oxygen atoms in total. The molecular formula is C82H139N2O6P. The first-order valence-corrected chi connectivity index (χ1v) is 38.5. The van der Waals surface area contributed by atoms with Crippen molar-refractivity contribution in [1.29, 1.82) is 0 Å². The second-order valence-electron chi connectivity index (χ2n) is 25.6. The van der Waals surface area contributed by atoms with E-state index in [-0.39, 0.29) is 12.5 Å². The van der Waals surface area contributed by atoms with Crippen LogP contribution in [0.15, 0.2) is 170 Å². The Morgan fingerprint density at radius 2 is 0.681 bits per heavy atom. The predicted octanol–water partition coefficient (Wildman–Crippen LogP) is 23.6. The number of allylic oxidation sites excluding steroid dienone is 27. The van der Waals surface area contributed by atoms with E-state index in [9.17, 15) is 19.4 Å². The van der Waals surface area contributed by atoms with E-state index >= 15 is 0 Å². The fourth-order valence-electron chi connectivity index (χ4n) is 9.98. The summed E-state index contributed by atoms with van der Waals surface area (Å²) in [6.45, 7) is 4.50. The third-order valence-electron chi connectivity index (χ3n) is 15.7. The van der Waals surface area contributed by atoms with Crippen LogP contribution in [-0.4, -0.2) is 68.5 Å². The van der Waals surface area contributed by atoms with Gasteiger partial charge in [-0.2, -0.15) is 0 Å². The topological polar surface area (TPSA) is 108 Å². The Morgan fingerprint density at radius 3 is 1.02 bits per heavy atom. The second kappa shape index (κ2) is 70.2. The minimum absolute atomic E-state index is 0.0203. The zero-order valence-corrected chi connectivity index (χ0v) is 60.1. The minimum Gasteiger partial charge on any atom is -0.756 e. The number of carbonyl (C=O) groups is 1. The molecular weight excluding hydrogens is 1140 g/mol. The Hall–Kier alpha value is -4.14. The average molecular weight is 1280 g/mol. The van der Waals surface area contributed by atoms with Gasteiger partial charge in [-0.3, -0.25) is 9.36 Å². The molecule has 0 saturated heterocycles. The van der Waals surface area contributed by atoms with Gasteiger partial charge in [0.15, 0.2) is 0 Å². The van der Waals surface area contributed by atoms with Crippen molar-refractivity contribution in [2.24, 2.45) is 0 Å². The van der Waals surface area contributed by atoms with E-state index in [4.69, 9.17) is 9.05 Å². The molecule has 0 aromatic rings. The molecule has 0 aliphatic heterocycles. The van der Waals surface area contributed by atoms with E-state index in [0.717, 1.165) is 122 Å². The third kappa shape index (κ3) is 73.1. The van der Waals surface area contributed by atoms with Crippen LogP contribution in [0.4, 0.5) is 0 Å². The van der Waals surface area contributed by atoms with Gasteiger partial charge < -0.3 is 28.8 Å². The van der Waals surface area contributed by atoms with E-state index in [1.165, 1.54) is 141 Å². The molecule has 0 heterocycles. The number of carbonyl (C=O) groups excluding carboxylic acids is 1. The highest BCUT2D eigenvalue weighted by Gasteiger charge is 2.23. The molecule has 518 valence electrons. The van der Waals surface area contributed by atoms with E-state index < -0.39 is 26.6 Å². The zero-order valence-electron chi connectivity index (χ0n) is 59.2. The molecule has 3 atom stereocenters. The van der Waals surface area contributed by atoms with Gasteiger partial charge in [-0.25, -0.2) is 0 Å². The lowest BCUT2D eigenvalue weighted by molar-refractivity contribution is -0.870. The summed E-state index contributed by atoms with van der Waals surface area (Å²) in [5, 5.41) is 13.9. The lowest BCUT2D eigenvalue weighted by atomic mass is 10.0. The molecule has 0 radical (unpaired) electrons. The number of aliphatic hydroxyl groups is 1. The van der Waals surface area contributed by atoms with Crippen molar-refractivity contribution < 1.29 is 32.9 Å². The minimum atomic E-state index is -4.63. The van der Waals surface area contributed by atoms with Crippen molar-refractivity contribution in [2.45, 2.75) is 302 Å². The van der Waals surface area contributed by atoms with E-state index in [0.29, 0.717) is 23.9 Å². The number of likely N-dealkylation sites (N-methyl/N-ethyl adjacent to an activating group) is 1. The van der Waals surface area contributed by atoms with Gasteiger partial charge in [-0.05, 0) is 122 Å². The van der Waals surface area contributed by atoms with Crippen LogP contribution in [0, 0.1) is 0 Å². The number of unbranched alkanes of at least 4 members (excludes halogenated alkanes) is 27. The summed E-state index contributed by atoms with van der Waals surface area (Å²) in [5.41, 5.74) is 0. The molecule has 0 spiro atoms. The van der Waals surface area contributed by atoms with Gasteiger partial charge in [-0.1, -0.05) is 332 Å². The maximum absolute atomic E-state index is 13.0. The molecule has 0 aromatic heterocycles. The van der Waals surface area contributed by atoms with Crippen LogP contribution in [0.5, 0.6) is 0 Å². The molecule has 0 aromatic carbocycles. The first-order valence-electron chi connectivity index (χ1n) is 37.0. The number of nitrogens with zero attached hydrogens (tertiary/aromatic N) is 1. The smallest absolute Gasteiger partial charge is 0.268 e. The third-order valence-corrected chi connectivity index (χ3v) is 16.6. The van der Waals surface area contributed by atoms with Gasteiger partial charge >= 0.3 is 0 Å². The number of rotatable bonds is 66. The molecule has 1 amide bonds. The van der Waals surface area contributed by atoms with Gasteiger partial charge in [-0.15, -0.1) is 0 Å². The van der Waals surface area contributed by atoms with Crippen molar-refractivity contribution in [2.75, 3.05) is 40.9 Å². The van der Waals surface area contributed by atoms with Crippen LogP contribution >= 0.6 is 7.82 Å². The van der Waals surface area contributed by atoms with Crippen molar-refractivity contribution in [3.8, 4) is 0 Å². The van der Waals surface area contributed by atoms with Crippen LogP contribution in [-0.2, 0) is 18.4 Å². The summed E-state index contributed by atoms with van der Waals surface area (Å²) in [4.78, 5) is 25.6. The van der Waals surface area contributed by atoms with Crippen molar-refractivity contribution >= 4 is 13.7 Å². The van der Waals surface area contributed by atoms with Crippen molar-refractivity contribution in [3.63, 3.8) is 0 Å². The van der Waals surface area contributed by atoms with E-state index in [1.54, 1.807) is 6.08 Å². The average Bonchev–Trinajstić information content (AvgIpc) is 3.59. The number of hydrogen-bond donors (Lipinski definition) is 2. The normalized spacial score (nSPS) is 14.6. The summed E-state index contributed by atoms with van der Waals surface area (Å²) in [7, 11) is 1.21. The second-order valence-corrected chi connectivity index (χ2v) is 27.0. The number of hydrogen-bond acceptors (Lipinski definition) is 6. The maximum Gasteiger partial charge on any atom is 0.268 e. The number of aliphatic hydroxyl groups excluding tert-OH is 1. The number of nitrogens with one attached hydrogen (secondary N) is 1. The van der Waals surface area contributed by atoms with Gasteiger partial charge in [0.1, 0.15) is 13.2 Å². The first-order chi connectivity index (χ1) is 44.5. The summed E-state index contributed by atoms with van der Waals surface area (Å²) < 4.78 is 23.4. The van der Waals surface area contributed by atoms with Crippen LogP contribution < -0.4 is 10.2 Å². The Balaban J connectivity index is 4.22. The van der Waals surface area contributed by atoms with Gasteiger partial charge in [0.05, 0.1) is 39.9 Å². The number of amides is 1. The van der Waals surface area contributed by atoms with Crippen molar-refractivity contribution in [1.82, 2.24) is 5.32 Å². The zero-order chi connectivity index (χ0) is 66.2. The Bertz CT molecular complexity index is 2090. The van der Waals surface area contributed by atoms with Crippen molar-refractivity contribution in [3.05, 3.63) is 170 Å². The van der Waals surface area contributed by atoms with Crippen LogP contribution in [0.3, 0.4) is 0 Å². The Kier molecular flexibility index (Phi) is 67.0. The lowest BCUT2D eigenvalue weighted by Gasteiger charge is -2.29. The molecule has 2 N–H and O–H groups in total. The molecule has 0 aliphatic rings. The lowest BCUT2D eigenvalue weighted by Crippen LogP contribution is -2.45. The highest BCUT2D eigenvalue weighted by atomic mass is 31.2. The van der Waals surface area contributed by atoms with Gasteiger partial charge in [0.25, 0.3) is 7.82 Å². The fourth-order valence-corrected chi connectivity index (χ4v) is 10.7. The summed E-state index contributed by atoms with van der Waals surface area (Å²) in [5.74, 6) is -0.236. The molecule has 91 heavy (non-hydrogen) atoms. The standard InChI is InChI=1S/C82H139N2O6P/c1-6-8-10-12-14-16-18-20-22-24-26-28-30-32-34-36-37-38-39-40-41-42-43-44-45-46-47-48-50-52-54-56-58-60-62-64-66-68-70-72-74-76-82(86)83-80(79-90-91(87,88)89-78-77-84(3,4)5)81(85)75-73-71-69-67-65-63-61-59-57-55-53-51-49-35-33-31-29-27-25-23-21-19-17-15-13-11-9-7-2/h8,10,14,16,20,22,26,28,32,34,37-38,40-41,43-44,46-47,50,52,56,58,62,64-65,67,73,75,80-81,85H,6-7,9,11-13,15,17-19,21,23-25,27,29-31,33,35-36,39,42,45,48-49,51,53-55,57,59-61,63,66,68-72,74,76-79H2,1-5H3,(H-,83,86,87,88)/b10-8-,16-14-,22-20-,28-26-,34-32-,38-37-,41-40-,44-43-,47-46-,52-50-,58-56-,64-62-,67-65+,75-73+. The maximum atomic E-state index is 13.0. The summed E-state index contributed by atoms with van der Waals surface area (Å²) in [6.07, 6.45) is 111. The SMILES string of the molecule is CC/C=C\C/C=C\C/C=C\C/C=C\C/C=C\C/C=C\C/C=C\C/C=C\C/C=C\C/C=C\C/C=C\C/C=C\CCCCCCC(=O)NC(COP(=O)([O-])OCC[N+](C)(C)C)C(O)/C=C/CC/C=C/CCCCCCCCCCCCCCCCCCCCCCCC. The number of phosphoric acid groups is 1. The molecule has 3 unspecified atom stereocenters. The first kappa shape index (κ1) is 86.9. The quantitative estimate of drug-likeness (QED) is 0.0272. The van der Waals surface area contributed by atoms with Crippen LogP contribution in [0.1, 0.15) is 290 Å². The Morgan fingerprint density at radius 1 is 0.396 bits per heavy atom. The molecule has 0 fully saturated rings. The number of phosphoric ester groups is 1. The molecule has 0 aliphatic carbocycles. The summed E-state index contributed by atoms with van der Waals surface area (Å²) in [6, 6.07) is -0.932. The van der Waals surface area contributed by atoms with Crippen LogP contribution in [0.2, 0.25) is 0 Å². The highest BCUT2D eigenvalue weighted by Crippen LogP contribution is 2.38. The fraction of sp³-hybridized carbons (Fsp3) is 0.646. The largest absolute Gasteiger partial charge is 0.756 e. The van der Waals surface area contributed by atoms with Gasteiger partial charge in [0.2, 0.25) is 5.91 Å². The Labute approximate surface area is 562 Å². The van der Waals surface area contributed by atoms with E-state index in [1.807, 2.05) is 27.2 Å². The van der Waals surface area contributed by atoms with Gasteiger partial charge in [0, 0.05) is 6.42 Å². The predicted molar refractivity (Wildman–Crippen MR) is 398 cm³/mol. The summed E-state index contributed by atoms with van der Waals surface area (Å²) >= 11 is 0. The molecule has 0 saturated carbocycles. The molecule has 0 bridgehead atoms.